The van der Waals surface area contributed by atoms with Crippen molar-refractivity contribution in [2.75, 3.05) is 6.26 Å². The van der Waals surface area contributed by atoms with Gasteiger partial charge >= 0.3 is 0 Å². The van der Waals surface area contributed by atoms with Crippen LogP contribution in [0.5, 0.6) is 0 Å². The van der Waals surface area contributed by atoms with Gasteiger partial charge in [0.15, 0.2) is 0 Å². The lowest BCUT2D eigenvalue weighted by molar-refractivity contribution is -0.384. The molecule has 0 heterocycles. The highest BCUT2D eigenvalue weighted by molar-refractivity contribution is 7.84. The number of rotatable bonds is 2. The fourth-order valence-corrected chi connectivity index (χ4v) is 1.28. The average molecular weight is 185 g/mol. The maximum absolute atomic E-state index is 10.9. The second-order valence-corrected chi connectivity index (χ2v) is 3.58. The molecule has 12 heavy (non-hydrogen) atoms. The van der Waals surface area contributed by atoms with Crippen LogP contribution in [-0.2, 0) is 10.8 Å². The second kappa shape index (κ2) is 3.44. The van der Waals surface area contributed by atoms with Crippen molar-refractivity contribution in [1.82, 2.24) is 0 Å². The van der Waals surface area contributed by atoms with Crippen molar-refractivity contribution in [1.29, 1.82) is 0 Å². The summed E-state index contributed by atoms with van der Waals surface area (Å²) >= 11 is 0. The van der Waals surface area contributed by atoms with Gasteiger partial charge in [-0.05, 0) is 12.1 Å². The summed E-state index contributed by atoms with van der Waals surface area (Å²) in [5.74, 6) is 0. The highest BCUT2D eigenvalue weighted by Crippen LogP contribution is 2.13. The number of hydrogen-bond donors (Lipinski definition) is 0. The van der Waals surface area contributed by atoms with Crippen LogP contribution in [0.1, 0.15) is 0 Å². The number of benzene rings is 1. The number of nitrogens with zero attached hydrogens (tertiary/aromatic N) is 1. The van der Waals surface area contributed by atoms with E-state index in [2.05, 4.69) is 0 Å². The number of nitro groups is 1. The molecule has 1 aromatic carbocycles. The summed E-state index contributed by atoms with van der Waals surface area (Å²) < 4.78 is 10.9. The summed E-state index contributed by atoms with van der Waals surface area (Å²) in [5.41, 5.74) is 0.0178. The van der Waals surface area contributed by atoms with Gasteiger partial charge in [-0.2, -0.15) is 0 Å². The molecule has 64 valence electrons. The molecule has 0 aliphatic carbocycles. The van der Waals surface area contributed by atoms with Crippen LogP contribution in [-0.4, -0.2) is 15.4 Å². The van der Waals surface area contributed by atoms with Crippen molar-refractivity contribution in [2.24, 2.45) is 0 Å². The average Bonchev–Trinajstić information content (AvgIpc) is 2.04. The van der Waals surface area contributed by atoms with Crippen molar-refractivity contribution >= 4 is 16.5 Å². The van der Waals surface area contributed by atoms with Gasteiger partial charge in [0.25, 0.3) is 5.69 Å². The number of nitro benzene ring substituents is 1. The standard InChI is InChI=1S/C7H7NO3S/c1-12(11)7-4-2-6(3-5-7)8(9)10/h2-5H,1H3/t12-/m0/s1. The monoisotopic (exact) mass is 185 g/mol. The molecule has 0 aromatic heterocycles. The molecule has 0 N–H and O–H groups in total. The first kappa shape index (κ1) is 8.86. The van der Waals surface area contributed by atoms with E-state index < -0.39 is 15.7 Å². The third kappa shape index (κ3) is 1.88. The lowest BCUT2D eigenvalue weighted by Crippen LogP contribution is -1.90. The Balaban J connectivity index is 3.01. The van der Waals surface area contributed by atoms with Gasteiger partial charge in [-0.15, -0.1) is 0 Å². The molecular formula is C7H7NO3S. The van der Waals surface area contributed by atoms with Crippen LogP contribution < -0.4 is 0 Å². The summed E-state index contributed by atoms with van der Waals surface area (Å²) in [6.07, 6.45) is 1.53. The highest BCUT2D eigenvalue weighted by atomic mass is 32.2. The minimum atomic E-state index is -1.07. The van der Waals surface area contributed by atoms with Crippen LogP contribution in [0.25, 0.3) is 0 Å². The Morgan fingerprint density at radius 2 is 1.83 bits per heavy atom. The molecule has 0 bridgehead atoms. The van der Waals surface area contributed by atoms with Crippen LogP contribution in [0.3, 0.4) is 0 Å². The van der Waals surface area contributed by atoms with E-state index in [0.29, 0.717) is 4.90 Å². The lowest BCUT2D eigenvalue weighted by Gasteiger charge is -1.94. The van der Waals surface area contributed by atoms with Crippen LogP contribution >= 0.6 is 0 Å². The zero-order chi connectivity index (χ0) is 9.14. The fraction of sp³-hybridized carbons (Fsp3) is 0.143. The molecular weight excluding hydrogens is 178 g/mol. The second-order valence-electron chi connectivity index (χ2n) is 2.21. The van der Waals surface area contributed by atoms with Crippen molar-refractivity contribution in [2.45, 2.75) is 4.90 Å². The molecule has 0 aliphatic rings. The molecule has 1 rings (SSSR count). The summed E-state index contributed by atoms with van der Waals surface area (Å²) in [6.45, 7) is 0. The number of non-ortho nitro benzene ring substituents is 1. The van der Waals surface area contributed by atoms with E-state index in [0.717, 1.165) is 0 Å². The Morgan fingerprint density at radius 3 is 2.17 bits per heavy atom. The molecule has 4 nitrogen and oxygen atoms in total. The Morgan fingerprint density at radius 1 is 1.33 bits per heavy atom. The molecule has 5 heteroatoms. The predicted octanol–water partition coefficient (Wildman–Crippen LogP) is 1.33. The van der Waals surface area contributed by atoms with E-state index in [1.54, 1.807) is 0 Å². The van der Waals surface area contributed by atoms with Gasteiger partial charge in [0.1, 0.15) is 0 Å². The molecule has 0 saturated heterocycles. The summed E-state index contributed by atoms with van der Waals surface area (Å²) in [6, 6.07) is 5.68. The maximum Gasteiger partial charge on any atom is 0.269 e. The first-order valence-corrected chi connectivity index (χ1v) is 4.75. The van der Waals surface area contributed by atoms with Crippen molar-refractivity contribution in [3.63, 3.8) is 0 Å². The fourth-order valence-electron chi connectivity index (χ4n) is 0.759. The van der Waals surface area contributed by atoms with Gasteiger partial charge in [0.2, 0.25) is 0 Å². The zero-order valence-electron chi connectivity index (χ0n) is 6.39. The van der Waals surface area contributed by atoms with Crippen molar-refractivity contribution in [3.05, 3.63) is 34.4 Å². The molecule has 1 atom stereocenters. The highest BCUT2D eigenvalue weighted by Gasteiger charge is 2.04. The van der Waals surface area contributed by atoms with E-state index >= 15 is 0 Å². The van der Waals surface area contributed by atoms with E-state index in [1.807, 2.05) is 0 Å². The largest absolute Gasteiger partial charge is 0.269 e. The number of hydrogen-bond acceptors (Lipinski definition) is 3. The lowest BCUT2D eigenvalue weighted by atomic mass is 10.3. The van der Waals surface area contributed by atoms with Crippen LogP contribution in [0.15, 0.2) is 29.2 Å². The van der Waals surface area contributed by atoms with Gasteiger partial charge in [0, 0.05) is 34.1 Å². The summed E-state index contributed by atoms with van der Waals surface area (Å²) in [4.78, 5) is 10.3. The van der Waals surface area contributed by atoms with Gasteiger partial charge < -0.3 is 0 Å². The normalized spacial score (nSPS) is 12.4. The van der Waals surface area contributed by atoms with E-state index in [4.69, 9.17) is 0 Å². The summed E-state index contributed by atoms with van der Waals surface area (Å²) in [7, 11) is -1.07. The SMILES string of the molecule is C[S@](=O)c1ccc([N+](=O)[O-])cc1. The van der Waals surface area contributed by atoms with E-state index in [-0.39, 0.29) is 5.69 Å². The molecule has 0 amide bonds. The Bertz CT molecular complexity index is 287. The molecule has 1 aromatic rings. The van der Waals surface area contributed by atoms with Gasteiger partial charge in [0.05, 0.1) is 4.92 Å². The molecule has 0 radical (unpaired) electrons. The van der Waals surface area contributed by atoms with E-state index in [1.165, 1.54) is 30.5 Å². The topological polar surface area (TPSA) is 60.2 Å². The minimum Gasteiger partial charge on any atom is -0.258 e. The van der Waals surface area contributed by atoms with Gasteiger partial charge in [-0.3, -0.25) is 14.3 Å². The Labute approximate surface area is 71.8 Å². The van der Waals surface area contributed by atoms with Crippen molar-refractivity contribution < 1.29 is 9.13 Å². The first-order valence-electron chi connectivity index (χ1n) is 3.19. The molecule has 0 aliphatic heterocycles. The van der Waals surface area contributed by atoms with Crippen LogP contribution in [0.2, 0.25) is 0 Å². The first-order chi connectivity index (χ1) is 5.61. The van der Waals surface area contributed by atoms with Gasteiger partial charge in [-0.1, -0.05) is 0 Å². The van der Waals surface area contributed by atoms with Crippen molar-refractivity contribution in [3.8, 4) is 0 Å². The summed E-state index contributed by atoms with van der Waals surface area (Å²) in [5, 5.41) is 10.2. The Kier molecular flexibility index (Phi) is 2.54. The van der Waals surface area contributed by atoms with E-state index in [9.17, 15) is 14.3 Å². The Hall–Kier alpha value is -1.23. The predicted molar refractivity (Wildman–Crippen MR) is 45.4 cm³/mol. The third-order valence-electron chi connectivity index (χ3n) is 1.38. The molecule has 0 unspecified atom stereocenters. The molecule has 0 fully saturated rings. The van der Waals surface area contributed by atoms with Gasteiger partial charge in [-0.25, -0.2) is 0 Å². The smallest absolute Gasteiger partial charge is 0.258 e. The van der Waals surface area contributed by atoms with Crippen LogP contribution in [0.4, 0.5) is 5.69 Å². The zero-order valence-corrected chi connectivity index (χ0v) is 7.21. The minimum absolute atomic E-state index is 0.0178. The molecule has 0 saturated carbocycles. The maximum atomic E-state index is 10.9. The quantitative estimate of drug-likeness (QED) is 0.516. The van der Waals surface area contributed by atoms with Crippen LogP contribution in [0, 0.1) is 10.1 Å². The molecule has 0 spiro atoms. The third-order valence-corrected chi connectivity index (χ3v) is 2.32.